The molecule has 0 saturated heterocycles. The molecule has 1 aromatic heterocycles. The van der Waals surface area contributed by atoms with Gasteiger partial charge in [0.15, 0.2) is 0 Å². The minimum atomic E-state index is 0.602. The van der Waals surface area contributed by atoms with Crippen molar-refractivity contribution in [2.45, 2.75) is 49.4 Å². The van der Waals surface area contributed by atoms with Crippen molar-refractivity contribution in [3.8, 4) is 0 Å². The smallest absolute Gasteiger partial charge is 0.0658 e. The van der Waals surface area contributed by atoms with E-state index in [1.54, 1.807) is 7.11 Å². The van der Waals surface area contributed by atoms with E-state index in [2.05, 4.69) is 41.6 Å². The van der Waals surface area contributed by atoms with Crippen LogP contribution in [0.1, 0.15) is 43.7 Å². The summed E-state index contributed by atoms with van der Waals surface area (Å²) in [7, 11) is 1.73. The molecule has 2 unspecified atom stereocenters. The van der Waals surface area contributed by atoms with Crippen molar-refractivity contribution in [2.75, 3.05) is 13.7 Å². The van der Waals surface area contributed by atoms with Crippen molar-refractivity contribution in [1.29, 1.82) is 0 Å². The van der Waals surface area contributed by atoms with Gasteiger partial charge in [-0.05, 0) is 35.2 Å². The Hall–Kier alpha value is 0.130. The van der Waals surface area contributed by atoms with E-state index in [0.717, 1.165) is 11.0 Å². The van der Waals surface area contributed by atoms with Crippen LogP contribution < -0.4 is 0 Å². The van der Waals surface area contributed by atoms with Crippen LogP contribution in [0.3, 0.4) is 0 Å². The first-order valence-electron chi connectivity index (χ1n) is 6.56. The summed E-state index contributed by atoms with van der Waals surface area (Å²) in [6.07, 6.45) is 8.32. The Labute approximate surface area is 126 Å². The van der Waals surface area contributed by atoms with E-state index < -0.39 is 0 Å². The number of ether oxygens (including phenoxy) is 1. The van der Waals surface area contributed by atoms with E-state index in [1.807, 2.05) is 6.20 Å². The number of hydrogen-bond donors (Lipinski definition) is 0. The largest absolute Gasteiger partial charge is 0.383 e. The van der Waals surface area contributed by atoms with Crippen LogP contribution in [0.15, 0.2) is 10.7 Å². The molecule has 0 spiro atoms. The van der Waals surface area contributed by atoms with Crippen LogP contribution in [0, 0.1) is 0 Å². The molecule has 1 heterocycles. The molecule has 1 fully saturated rings. The van der Waals surface area contributed by atoms with Crippen LogP contribution in [-0.2, 0) is 11.3 Å². The highest BCUT2D eigenvalue weighted by Gasteiger charge is 2.24. The highest BCUT2D eigenvalue weighted by atomic mass is 79.9. The monoisotopic (exact) mass is 378 g/mol. The fourth-order valence-electron chi connectivity index (χ4n) is 2.68. The molecule has 3 nitrogen and oxygen atoms in total. The average Bonchev–Trinajstić information content (AvgIpc) is 2.57. The lowest BCUT2D eigenvalue weighted by Gasteiger charge is -2.19. The molecule has 102 valence electrons. The van der Waals surface area contributed by atoms with E-state index in [0.29, 0.717) is 17.4 Å². The van der Waals surface area contributed by atoms with E-state index >= 15 is 0 Å². The maximum atomic E-state index is 5.16. The molecule has 1 saturated carbocycles. The zero-order chi connectivity index (χ0) is 13.0. The molecule has 0 aromatic carbocycles. The Morgan fingerprint density at radius 3 is 3.00 bits per heavy atom. The summed E-state index contributed by atoms with van der Waals surface area (Å²) in [5, 5.41) is 4.46. The van der Waals surface area contributed by atoms with Crippen LogP contribution in [0.25, 0.3) is 0 Å². The summed E-state index contributed by atoms with van der Waals surface area (Å²) in [6.45, 7) is 1.55. The van der Waals surface area contributed by atoms with Gasteiger partial charge in [0.2, 0.25) is 0 Å². The molecule has 0 N–H and O–H groups in total. The minimum Gasteiger partial charge on any atom is -0.383 e. The third kappa shape index (κ3) is 3.58. The standard InChI is InChI=1S/C13H20Br2N2O/c1-18-7-6-17-13(12(15)9-16-17)10-4-2-3-5-11(14)8-10/h9-11H,2-8H2,1H3. The van der Waals surface area contributed by atoms with Gasteiger partial charge < -0.3 is 4.74 Å². The zero-order valence-corrected chi connectivity index (χ0v) is 13.9. The number of nitrogens with zero attached hydrogens (tertiary/aromatic N) is 2. The van der Waals surface area contributed by atoms with Crippen molar-refractivity contribution in [3.63, 3.8) is 0 Å². The number of halogens is 2. The predicted molar refractivity (Wildman–Crippen MR) is 80.3 cm³/mol. The van der Waals surface area contributed by atoms with Crippen molar-refractivity contribution in [1.82, 2.24) is 9.78 Å². The summed E-state index contributed by atoms with van der Waals surface area (Å²) >= 11 is 7.45. The fourth-order valence-corrected chi connectivity index (χ4v) is 4.08. The lowest BCUT2D eigenvalue weighted by molar-refractivity contribution is 0.181. The zero-order valence-electron chi connectivity index (χ0n) is 10.7. The van der Waals surface area contributed by atoms with Crippen molar-refractivity contribution in [2.24, 2.45) is 0 Å². The Balaban J connectivity index is 2.16. The highest BCUT2D eigenvalue weighted by Crippen LogP contribution is 2.37. The lowest BCUT2D eigenvalue weighted by Crippen LogP contribution is -2.14. The Bertz CT molecular complexity index is 381. The molecule has 0 amide bonds. The predicted octanol–water partition coefficient (Wildman–Crippen LogP) is 4.10. The number of rotatable bonds is 4. The van der Waals surface area contributed by atoms with Gasteiger partial charge in [-0.3, -0.25) is 4.68 Å². The molecule has 2 atom stereocenters. The Kier molecular flexibility index (Phi) is 5.70. The molecule has 2 rings (SSSR count). The van der Waals surface area contributed by atoms with Crippen LogP contribution in [0.4, 0.5) is 0 Å². The maximum absolute atomic E-state index is 5.16. The van der Waals surface area contributed by atoms with Gasteiger partial charge in [0, 0.05) is 17.9 Å². The van der Waals surface area contributed by atoms with E-state index in [9.17, 15) is 0 Å². The minimum absolute atomic E-state index is 0.602. The van der Waals surface area contributed by atoms with Gasteiger partial charge in [0.25, 0.3) is 0 Å². The number of aromatic nitrogens is 2. The fraction of sp³-hybridized carbons (Fsp3) is 0.769. The van der Waals surface area contributed by atoms with Crippen LogP contribution in [0.2, 0.25) is 0 Å². The molecular formula is C13H20Br2N2O. The van der Waals surface area contributed by atoms with Crippen LogP contribution in [0.5, 0.6) is 0 Å². The summed E-state index contributed by atoms with van der Waals surface area (Å²) in [4.78, 5) is 0.641. The summed E-state index contributed by atoms with van der Waals surface area (Å²) in [5.74, 6) is 0.602. The second-order valence-corrected chi connectivity index (χ2v) is 7.06. The summed E-state index contributed by atoms with van der Waals surface area (Å²) in [5.41, 5.74) is 1.35. The maximum Gasteiger partial charge on any atom is 0.0658 e. The van der Waals surface area contributed by atoms with E-state index in [1.165, 1.54) is 37.8 Å². The lowest BCUT2D eigenvalue weighted by atomic mass is 9.96. The number of alkyl halides is 1. The van der Waals surface area contributed by atoms with Gasteiger partial charge in [-0.2, -0.15) is 5.10 Å². The summed E-state index contributed by atoms with van der Waals surface area (Å²) < 4.78 is 8.40. The van der Waals surface area contributed by atoms with Crippen molar-refractivity contribution in [3.05, 3.63) is 16.4 Å². The van der Waals surface area contributed by atoms with Crippen molar-refractivity contribution < 1.29 is 4.74 Å². The molecule has 1 aliphatic rings. The van der Waals surface area contributed by atoms with Gasteiger partial charge in [-0.1, -0.05) is 28.8 Å². The molecular weight excluding hydrogens is 360 g/mol. The molecule has 1 aromatic rings. The van der Waals surface area contributed by atoms with E-state index in [-0.39, 0.29) is 0 Å². The van der Waals surface area contributed by atoms with Gasteiger partial charge in [-0.25, -0.2) is 0 Å². The second kappa shape index (κ2) is 7.06. The number of methoxy groups -OCH3 is 1. The highest BCUT2D eigenvalue weighted by molar-refractivity contribution is 9.10. The number of hydrogen-bond acceptors (Lipinski definition) is 2. The topological polar surface area (TPSA) is 27.1 Å². The average molecular weight is 380 g/mol. The quantitative estimate of drug-likeness (QED) is 0.581. The molecule has 0 radical (unpaired) electrons. The van der Waals surface area contributed by atoms with E-state index in [4.69, 9.17) is 4.74 Å². The molecule has 1 aliphatic carbocycles. The van der Waals surface area contributed by atoms with Crippen molar-refractivity contribution >= 4 is 31.9 Å². The Morgan fingerprint density at radius 1 is 1.44 bits per heavy atom. The molecule has 18 heavy (non-hydrogen) atoms. The third-order valence-electron chi connectivity index (χ3n) is 3.59. The third-order valence-corrected chi connectivity index (χ3v) is 5.03. The first-order valence-corrected chi connectivity index (χ1v) is 8.27. The summed E-state index contributed by atoms with van der Waals surface area (Å²) in [6, 6.07) is 0. The van der Waals surface area contributed by atoms with Crippen LogP contribution in [-0.4, -0.2) is 28.3 Å². The van der Waals surface area contributed by atoms with Crippen LogP contribution >= 0.6 is 31.9 Å². The van der Waals surface area contributed by atoms with Gasteiger partial charge in [-0.15, -0.1) is 0 Å². The van der Waals surface area contributed by atoms with Gasteiger partial charge in [0.1, 0.15) is 0 Å². The molecule has 0 bridgehead atoms. The molecule has 0 aliphatic heterocycles. The van der Waals surface area contributed by atoms with Gasteiger partial charge in [0.05, 0.1) is 29.5 Å². The Morgan fingerprint density at radius 2 is 2.22 bits per heavy atom. The first kappa shape index (κ1) is 14.5. The normalized spacial score (nSPS) is 25.1. The first-order chi connectivity index (χ1) is 8.72. The SMILES string of the molecule is COCCn1ncc(Br)c1C1CCCCC(Br)C1. The van der Waals surface area contributed by atoms with Gasteiger partial charge >= 0.3 is 0 Å². The second-order valence-electron chi connectivity index (χ2n) is 4.91. The molecule has 5 heteroatoms.